The van der Waals surface area contributed by atoms with Crippen molar-refractivity contribution in [1.29, 1.82) is 0 Å². The summed E-state index contributed by atoms with van der Waals surface area (Å²) in [5.41, 5.74) is 10.7. The monoisotopic (exact) mass is 343 g/mol. The van der Waals surface area contributed by atoms with Crippen LogP contribution in [-0.4, -0.2) is 10.9 Å². The minimum atomic E-state index is -1.17. The number of aromatic nitrogens is 1. The summed E-state index contributed by atoms with van der Waals surface area (Å²) < 4.78 is 32.1. The zero-order valence-electron chi connectivity index (χ0n) is 9.86. The van der Waals surface area contributed by atoms with Crippen molar-refractivity contribution in [2.45, 2.75) is 0 Å². The van der Waals surface area contributed by atoms with Crippen LogP contribution in [0.25, 0.3) is 0 Å². The van der Waals surface area contributed by atoms with E-state index in [1.165, 1.54) is 6.07 Å². The third kappa shape index (κ3) is 2.85. The first-order chi connectivity index (χ1) is 9.38. The van der Waals surface area contributed by atoms with E-state index in [1.54, 1.807) is 0 Å². The third-order valence-corrected chi connectivity index (χ3v) is 2.81. The van der Waals surface area contributed by atoms with Crippen LogP contribution in [0.1, 0.15) is 10.4 Å². The predicted molar refractivity (Wildman–Crippen MR) is 71.3 cm³/mol. The molecule has 0 aliphatic carbocycles. The van der Waals surface area contributed by atoms with Crippen LogP contribution in [0.2, 0.25) is 0 Å². The van der Waals surface area contributed by atoms with Gasteiger partial charge in [0, 0.05) is 10.5 Å². The molecular weight excluding hydrogens is 336 g/mol. The van der Waals surface area contributed by atoms with E-state index in [-0.39, 0.29) is 27.4 Å². The maximum atomic E-state index is 13.5. The second kappa shape index (κ2) is 5.41. The Labute approximate surface area is 120 Å². The average molecular weight is 344 g/mol. The Morgan fingerprint density at radius 1 is 1.30 bits per heavy atom. The number of nitrogens with zero attached hydrogens (tertiary/aromatic N) is 1. The summed E-state index contributed by atoms with van der Waals surface area (Å²) in [4.78, 5) is 14.9. The molecule has 0 spiro atoms. The van der Waals surface area contributed by atoms with Gasteiger partial charge in [0.05, 0.1) is 17.4 Å². The molecule has 1 aromatic carbocycles. The number of halogens is 3. The topological polar surface area (TPSA) is 91.2 Å². The lowest BCUT2D eigenvalue weighted by Crippen LogP contribution is -2.14. The van der Waals surface area contributed by atoms with E-state index in [0.29, 0.717) is 0 Å². The fourth-order valence-electron chi connectivity index (χ4n) is 1.44. The Morgan fingerprint density at radius 2 is 2.00 bits per heavy atom. The number of hydrogen-bond donors (Lipinski definition) is 2. The summed E-state index contributed by atoms with van der Waals surface area (Å²) in [7, 11) is 0. The normalized spacial score (nSPS) is 10.3. The number of anilines is 1. The van der Waals surface area contributed by atoms with Crippen LogP contribution in [-0.2, 0) is 0 Å². The highest BCUT2D eigenvalue weighted by atomic mass is 79.9. The van der Waals surface area contributed by atoms with Crippen LogP contribution < -0.4 is 16.2 Å². The fourth-order valence-corrected chi connectivity index (χ4v) is 1.84. The van der Waals surface area contributed by atoms with Crippen molar-refractivity contribution in [2.75, 3.05) is 5.73 Å². The highest BCUT2D eigenvalue weighted by Gasteiger charge is 2.14. The average Bonchev–Trinajstić information content (AvgIpc) is 2.37. The van der Waals surface area contributed by atoms with Gasteiger partial charge in [-0.15, -0.1) is 0 Å². The van der Waals surface area contributed by atoms with E-state index >= 15 is 0 Å². The number of hydrogen-bond acceptors (Lipinski definition) is 4. The fraction of sp³-hybridized carbons (Fsp3) is 0. The van der Waals surface area contributed by atoms with Gasteiger partial charge < -0.3 is 16.2 Å². The lowest BCUT2D eigenvalue weighted by molar-refractivity contribution is 0.100. The number of ether oxygens (including phenoxy) is 1. The molecule has 0 saturated carbocycles. The van der Waals surface area contributed by atoms with Crippen LogP contribution in [0.5, 0.6) is 11.6 Å². The smallest absolute Gasteiger partial charge is 0.251 e. The molecule has 0 bridgehead atoms. The predicted octanol–water partition coefficient (Wildman–Crippen LogP) is 2.60. The lowest BCUT2D eigenvalue weighted by atomic mass is 10.2. The van der Waals surface area contributed by atoms with E-state index in [2.05, 4.69) is 20.9 Å². The van der Waals surface area contributed by atoms with Gasteiger partial charge in [-0.3, -0.25) is 4.79 Å². The number of carbonyl (C=O) groups is 1. The minimum Gasteiger partial charge on any atom is -0.436 e. The van der Waals surface area contributed by atoms with Crippen molar-refractivity contribution >= 4 is 27.5 Å². The molecule has 2 aromatic rings. The lowest BCUT2D eigenvalue weighted by Gasteiger charge is -2.08. The standard InChI is InChI=1S/C12H8BrF2N3O2/c13-5-1-7(14)11(15)9(2-5)20-10-3-6(12(17)19)8(16)4-18-10/h1-4H,16H2,(H2,17,19). The van der Waals surface area contributed by atoms with Crippen molar-refractivity contribution < 1.29 is 18.3 Å². The molecule has 104 valence electrons. The molecule has 4 N–H and O–H groups in total. The maximum Gasteiger partial charge on any atom is 0.251 e. The van der Waals surface area contributed by atoms with Crippen LogP contribution in [0.15, 0.2) is 28.9 Å². The molecule has 0 radical (unpaired) electrons. The summed E-state index contributed by atoms with van der Waals surface area (Å²) in [6.45, 7) is 0. The largest absolute Gasteiger partial charge is 0.436 e. The number of carbonyl (C=O) groups excluding carboxylic acids is 1. The zero-order valence-corrected chi connectivity index (χ0v) is 11.4. The number of nitrogens with two attached hydrogens (primary N) is 2. The summed E-state index contributed by atoms with van der Waals surface area (Å²) in [5, 5.41) is 0. The van der Waals surface area contributed by atoms with Gasteiger partial charge in [0.2, 0.25) is 11.7 Å². The number of benzene rings is 1. The third-order valence-electron chi connectivity index (χ3n) is 2.35. The molecule has 2 rings (SSSR count). The molecule has 20 heavy (non-hydrogen) atoms. The van der Waals surface area contributed by atoms with Crippen molar-refractivity contribution in [3.05, 3.63) is 46.1 Å². The van der Waals surface area contributed by atoms with Crippen LogP contribution in [0.4, 0.5) is 14.5 Å². The highest BCUT2D eigenvalue weighted by molar-refractivity contribution is 9.10. The van der Waals surface area contributed by atoms with Crippen molar-refractivity contribution in [3.8, 4) is 11.6 Å². The Bertz CT molecular complexity index is 695. The van der Waals surface area contributed by atoms with Gasteiger partial charge >= 0.3 is 0 Å². The molecule has 1 amide bonds. The summed E-state index contributed by atoms with van der Waals surface area (Å²) in [6, 6.07) is 3.32. The van der Waals surface area contributed by atoms with Gasteiger partial charge in [-0.25, -0.2) is 9.37 Å². The van der Waals surface area contributed by atoms with Crippen molar-refractivity contribution in [1.82, 2.24) is 4.98 Å². The van der Waals surface area contributed by atoms with Gasteiger partial charge in [0.1, 0.15) is 0 Å². The maximum absolute atomic E-state index is 13.5. The highest BCUT2D eigenvalue weighted by Crippen LogP contribution is 2.29. The number of pyridine rings is 1. The molecule has 0 atom stereocenters. The first-order valence-corrected chi connectivity index (χ1v) is 6.05. The molecule has 1 aromatic heterocycles. The number of amides is 1. The van der Waals surface area contributed by atoms with E-state index in [4.69, 9.17) is 16.2 Å². The number of primary amides is 1. The van der Waals surface area contributed by atoms with Gasteiger partial charge in [0.25, 0.3) is 5.91 Å². The molecular formula is C12H8BrF2N3O2. The van der Waals surface area contributed by atoms with E-state index in [9.17, 15) is 13.6 Å². The number of nitrogen functional groups attached to an aromatic ring is 1. The molecule has 0 aliphatic rings. The van der Waals surface area contributed by atoms with Crippen LogP contribution in [0, 0.1) is 11.6 Å². The Balaban J connectivity index is 2.40. The van der Waals surface area contributed by atoms with Gasteiger partial charge in [-0.1, -0.05) is 15.9 Å². The number of rotatable bonds is 3. The first kappa shape index (κ1) is 14.2. The Morgan fingerprint density at radius 3 is 2.65 bits per heavy atom. The van der Waals surface area contributed by atoms with E-state index in [0.717, 1.165) is 18.3 Å². The molecule has 5 nitrogen and oxygen atoms in total. The second-order valence-corrected chi connectivity index (χ2v) is 4.69. The zero-order chi connectivity index (χ0) is 14.9. The first-order valence-electron chi connectivity index (χ1n) is 5.26. The molecule has 0 unspecified atom stereocenters. The molecule has 0 fully saturated rings. The minimum absolute atomic E-state index is 0.0223. The Hall–Kier alpha value is -2.22. The quantitative estimate of drug-likeness (QED) is 0.838. The van der Waals surface area contributed by atoms with Crippen LogP contribution in [0.3, 0.4) is 0 Å². The van der Waals surface area contributed by atoms with Crippen molar-refractivity contribution in [3.63, 3.8) is 0 Å². The van der Waals surface area contributed by atoms with Gasteiger partial charge in [-0.05, 0) is 12.1 Å². The summed E-state index contributed by atoms with van der Waals surface area (Å²) in [5.74, 6) is -3.56. The van der Waals surface area contributed by atoms with Gasteiger partial charge in [0.15, 0.2) is 11.6 Å². The summed E-state index contributed by atoms with van der Waals surface area (Å²) >= 11 is 3.01. The molecule has 0 saturated heterocycles. The van der Waals surface area contributed by atoms with Gasteiger partial charge in [-0.2, -0.15) is 4.39 Å². The SMILES string of the molecule is NC(=O)c1cc(Oc2cc(Br)cc(F)c2F)ncc1N. The van der Waals surface area contributed by atoms with E-state index in [1.807, 2.05) is 0 Å². The van der Waals surface area contributed by atoms with Crippen LogP contribution >= 0.6 is 15.9 Å². The second-order valence-electron chi connectivity index (χ2n) is 3.78. The molecule has 0 aliphatic heterocycles. The Kier molecular flexibility index (Phi) is 3.84. The molecule has 1 heterocycles. The van der Waals surface area contributed by atoms with E-state index < -0.39 is 17.5 Å². The summed E-state index contributed by atoms with van der Waals surface area (Å²) in [6.07, 6.45) is 1.14. The van der Waals surface area contributed by atoms with Crippen molar-refractivity contribution in [2.24, 2.45) is 5.73 Å². The molecule has 8 heteroatoms.